The first-order chi connectivity index (χ1) is 7.74. The number of aromatic nitrogens is 1. The molecule has 5 heteroatoms. The Morgan fingerprint density at radius 2 is 2.31 bits per heavy atom. The van der Waals surface area contributed by atoms with Crippen molar-refractivity contribution < 1.29 is 9.84 Å². The molecule has 0 unspecified atom stereocenters. The van der Waals surface area contributed by atoms with Crippen molar-refractivity contribution in [3.63, 3.8) is 0 Å². The number of nitrogens with zero attached hydrogens (tertiary/aromatic N) is 1. The maximum Gasteiger partial charge on any atom is 0.125 e. The van der Waals surface area contributed by atoms with E-state index in [4.69, 9.17) is 9.84 Å². The lowest BCUT2D eigenvalue weighted by Crippen LogP contribution is -1.82. The molecule has 0 atom stereocenters. The van der Waals surface area contributed by atoms with E-state index in [1.54, 1.807) is 7.11 Å². The van der Waals surface area contributed by atoms with Crippen LogP contribution >= 0.6 is 27.3 Å². The highest BCUT2D eigenvalue weighted by atomic mass is 79.9. The Morgan fingerprint density at radius 1 is 1.50 bits per heavy atom. The Hall–Kier alpha value is -0.910. The number of methoxy groups -OCH3 is 1. The van der Waals surface area contributed by atoms with Gasteiger partial charge in [0.2, 0.25) is 0 Å². The zero-order chi connectivity index (χ0) is 11.5. The topological polar surface area (TPSA) is 42.4 Å². The lowest BCUT2D eigenvalue weighted by atomic mass is 10.2. The van der Waals surface area contributed by atoms with Crippen LogP contribution < -0.4 is 4.74 Å². The second kappa shape index (κ2) is 4.95. The summed E-state index contributed by atoms with van der Waals surface area (Å²) in [6.07, 6.45) is 0. The van der Waals surface area contributed by atoms with Gasteiger partial charge < -0.3 is 9.84 Å². The summed E-state index contributed by atoms with van der Waals surface area (Å²) in [6, 6.07) is 7.70. The number of hydrogen-bond acceptors (Lipinski definition) is 4. The Kier molecular flexibility index (Phi) is 3.58. The van der Waals surface area contributed by atoms with Gasteiger partial charge in [-0.2, -0.15) is 0 Å². The van der Waals surface area contributed by atoms with Gasteiger partial charge in [-0.25, -0.2) is 4.98 Å². The van der Waals surface area contributed by atoms with E-state index >= 15 is 0 Å². The van der Waals surface area contributed by atoms with E-state index in [1.807, 2.05) is 24.3 Å². The molecule has 16 heavy (non-hydrogen) atoms. The molecule has 2 rings (SSSR count). The predicted molar refractivity (Wildman–Crippen MR) is 67.7 cm³/mol. The van der Waals surface area contributed by atoms with E-state index in [0.29, 0.717) is 4.60 Å². The van der Waals surface area contributed by atoms with Crippen molar-refractivity contribution in [2.24, 2.45) is 0 Å². The fourth-order valence-corrected chi connectivity index (χ4v) is 2.78. The summed E-state index contributed by atoms with van der Waals surface area (Å²) in [7, 11) is 1.63. The van der Waals surface area contributed by atoms with Crippen LogP contribution in [-0.4, -0.2) is 17.2 Å². The van der Waals surface area contributed by atoms with Gasteiger partial charge in [0.15, 0.2) is 0 Å². The monoisotopic (exact) mass is 299 g/mol. The number of halogens is 1. The quantitative estimate of drug-likeness (QED) is 0.947. The van der Waals surface area contributed by atoms with Gasteiger partial charge in [-0.05, 0) is 28.1 Å². The molecule has 84 valence electrons. The summed E-state index contributed by atoms with van der Waals surface area (Å²) in [6.45, 7) is 0.00220. The zero-order valence-electron chi connectivity index (χ0n) is 8.61. The van der Waals surface area contributed by atoms with Crippen molar-refractivity contribution in [1.82, 2.24) is 4.98 Å². The molecular formula is C11H10BrNO2S. The van der Waals surface area contributed by atoms with E-state index in [1.165, 1.54) is 11.3 Å². The van der Waals surface area contributed by atoms with Crippen LogP contribution in [0.15, 0.2) is 28.9 Å². The van der Waals surface area contributed by atoms with Gasteiger partial charge in [0.25, 0.3) is 0 Å². The van der Waals surface area contributed by atoms with Crippen LogP contribution in [0.5, 0.6) is 5.75 Å². The molecule has 0 radical (unpaired) electrons. The molecule has 3 nitrogen and oxygen atoms in total. The fourth-order valence-electron chi connectivity index (χ4n) is 1.31. The summed E-state index contributed by atoms with van der Waals surface area (Å²) in [5.74, 6) is 0.800. The average molecular weight is 300 g/mol. The normalized spacial score (nSPS) is 10.4. The van der Waals surface area contributed by atoms with Gasteiger partial charge in [-0.1, -0.05) is 12.1 Å². The summed E-state index contributed by atoms with van der Waals surface area (Å²) in [5.41, 5.74) is 0.991. The molecule has 0 saturated carbocycles. The lowest BCUT2D eigenvalue weighted by molar-refractivity contribution is 0.284. The van der Waals surface area contributed by atoms with Crippen LogP contribution in [0.4, 0.5) is 0 Å². The highest BCUT2D eigenvalue weighted by Crippen LogP contribution is 2.32. The van der Waals surface area contributed by atoms with Crippen molar-refractivity contribution in [2.75, 3.05) is 7.11 Å². The highest BCUT2D eigenvalue weighted by molar-refractivity contribution is 9.10. The van der Waals surface area contributed by atoms with Crippen molar-refractivity contribution in [1.29, 1.82) is 0 Å². The molecule has 0 bridgehead atoms. The molecule has 1 N–H and O–H groups in total. The lowest BCUT2D eigenvalue weighted by Gasteiger charge is -2.00. The Morgan fingerprint density at radius 3 is 2.94 bits per heavy atom. The minimum atomic E-state index is 0.00220. The Balaban J connectivity index is 2.41. The summed E-state index contributed by atoms with van der Waals surface area (Å²) >= 11 is 4.79. The molecule has 2 aromatic rings. The highest BCUT2D eigenvalue weighted by Gasteiger charge is 2.10. The number of benzene rings is 1. The van der Waals surface area contributed by atoms with Gasteiger partial charge in [-0.3, -0.25) is 0 Å². The molecule has 0 fully saturated rings. The number of aliphatic hydroxyl groups excluding tert-OH is 1. The van der Waals surface area contributed by atoms with Crippen molar-refractivity contribution in [2.45, 2.75) is 6.61 Å². The van der Waals surface area contributed by atoms with Crippen LogP contribution in [0, 0.1) is 0 Å². The first kappa shape index (κ1) is 11.6. The molecule has 0 aliphatic carbocycles. The van der Waals surface area contributed by atoms with Crippen LogP contribution in [0.25, 0.3) is 10.6 Å². The standard InChI is InChI=1S/C11H10BrNO2S/c1-15-8-4-2-3-7(5-8)11-13-10(12)9(6-14)16-11/h2-5,14H,6H2,1H3. The number of thiazole rings is 1. The Bertz CT molecular complexity index is 498. The zero-order valence-corrected chi connectivity index (χ0v) is 11.0. The molecule has 0 amide bonds. The molecule has 0 aliphatic rings. The van der Waals surface area contributed by atoms with E-state index in [2.05, 4.69) is 20.9 Å². The average Bonchev–Trinajstić information content (AvgIpc) is 2.71. The van der Waals surface area contributed by atoms with E-state index in [-0.39, 0.29) is 6.61 Å². The number of hydrogen-bond donors (Lipinski definition) is 1. The molecule has 0 aliphatic heterocycles. The molecule has 1 aromatic carbocycles. The maximum absolute atomic E-state index is 9.10. The molecule has 0 saturated heterocycles. The predicted octanol–water partition coefficient (Wildman–Crippen LogP) is 3.07. The maximum atomic E-state index is 9.10. The minimum absolute atomic E-state index is 0.00220. The third-order valence-corrected chi connectivity index (χ3v) is 4.12. The van der Waals surface area contributed by atoms with Crippen LogP contribution in [0.3, 0.4) is 0 Å². The summed E-state index contributed by atoms with van der Waals surface area (Å²) in [5, 5.41) is 9.97. The van der Waals surface area contributed by atoms with Crippen molar-refractivity contribution in [3.05, 3.63) is 33.7 Å². The fraction of sp³-hybridized carbons (Fsp3) is 0.182. The largest absolute Gasteiger partial charge is 0.497 e. The van der Waals surface area contributed by atoms with Gasteiger partial charge in [0.1, 0.15) is 15.4 Å². The number of ether oxygens (including phenoxy) is 1. The molecule has 1 heterocycles. The summed E-state index contributed by atoms with van der Waals surface area (Å²) in [4.78, 5) is 5.18. The van der Waals surface area contributed by atoms with Crippen LogP contribution in [-0.2, 0) is 6.61 Å². The van der Waals surface area contributed by atoms with E-state index < -0.39 is 0 Å². The molecule has 1 aromatic heterocycles. The van der Waals surface area contributed by atoms with Gasteiger partial charge in [0, 0.05) is 5.56 Å². The molecule has 0 spiro atoms. The first-order valence-corrected chi connectivity index (χ1v) is 6.26. The summed E-state index contributed by atoms with van der Waals surface area (Å²) < 4.78 is 5.86. The Labute approximate surface area is 106 Å². The second-order valence-corrected chi connectivity index (χ2v) is 4.96. The minimum Gasteiger partial charge on any atom is -0.497 e. The smallest absolute Gasteiger partial charge is 0.125 e. The third-order valence-electron chi connectivity index (χ3n) is 2.11. The van der Waals surface area contributed by atoms with Gasteiger partial charge >= 0.3 is 0 Å². The number of rotatable bonds is 3. The van der Waals surface area contributed by atoms with Crippen molar-refractivity contribution in [3.8, 4) is 16.3 Å². The van der Waals surface area contributed by atoms with E-state index in [0.717, 1.165) is 21.2 Å². The third kappa shape index (κ3) is 2.26. The second-order valence-electron chi connectivity index (χ2n) is 3.12. The van der Waals surface area contributed by atoms with Crippen LogP contribution in [0.2, 0.25) is 0 Å². The SMILES string of the molecule is COc1cccc(-c2nc(Br)c(CO)s2)c1. The van der Waals surface area contributed by atoms with Gasteiger partial charge in [0.05, 0.1) is 18.6 Å². The first-order valence-electron chi connectivity index (χ1n) is 4.65. The van der Waals surface area contributed by atoms with Crippen molar-refractivity contribution >= 4 is 27.3 Å². The number of aliphatic hydroxyl groups is 1. The van der Waals surface area contributed by atoms with Gasteiger partial charge in [-0.15, -0.1) is 11.3 Å². The van der Waals surface area contributed by atoms with E-state index in [9.17, 15) is 0 Å². The molecular weight excluding hydrogens is 290 g/mol. The van der Waals surface area contributed by atoms with Crippen LogP contribution in [0.1, 0.15) is 4.88 Å².